The van der Waals surface area contributed by atoms with E-state index < -0.39 is 17.9 Å². The van der Waals surface area contributed by atoms with Gasteiger partial charge in [0.1, 0.15) is 11.8 Å². The molecular weight excluding hydrogens is 302 g/mol. The molecule has 1 rings (SSSR count). The highest BCUT2D eigenvalue weighted by Crippen LogP contribution is 2.18. The van der Waals surface area contributed by atoms with Crippen LogP contribution in [0.2, 0.25) is 0 Å². The topological polar surface area (TPSA) is 75.6 Å². The summed E-state index contributed by atoms with van der Waals surface area (Å²) in [5.41, 5.74) is 1.19. The molecule has 0 saturated carbocycles. The van der Waals surface area contributed by atoms with Crippen molar-refractivity contribution in [3.63, 3.8) is 0 Å². The van der Waals surface area contributed by atoms with Crippen molar-refractivity contribution in [3.05, 3.63) is 29.8 Å². The molecule has 22 heavy (non-hydrogen) atoms. The number of carbonyl (C=O) groups excluding carboxylic acids is 1. The molecule has 6 heteroatoms. The second-order valence-electron chi connectivity index (χ2n) is 5.25. The molecule has 0 radical (unpaired) electrons. The number of carbonyl (C=O) groups is 2. The van der Waals surface area contributed by atoms with Crippen LogP contribution >= 0.6 is 11.8 Å². The van der Waals surface area contributed by atoms with Gasteiger partial charge in [0.2, 0.25) is 0 Å². The summed E-state index contributed by atoms with van der Waals surface area (Å²) in [6.45, 7) is 4.01. The first-order valence-corrected chi connectivity index (χ1v) is 8.57. The van der Waals surface area contributed by atoms with E-state index in [2.05, 4.69) is 19.2 Å². The van der Waals surface area contributed by atoms with Gasteiger partial charge in [-0.3, -0.25) is 4.79 Å². The molecule has 0 heterocycles. The molecule has 0 fully saturated rings. The third-order valence-corrected chi connectivity index (χ3v) is 3.80. The second-order valence-corrected chi connectivity index (χ2v) is 6.24. The molecule has 1 aromatic rings. The van der Waals surface area contributed by atoms with Crippen LogP contribution < -0.4 is 10.1 Å². The van der Waals surface area contributed by atoms with Crippen LogP contribution in [0, 0.1) is 0 Å². The first-order valence-electron chi connectivity index (χ1n) is 7.18. The number of aliphatic carboxylic acids is 1. The van der Waals surface area contributed by atoms with Crippen molar-refractivity contribution in [2.45, 2.75) is 32.2 Å². The molecule has 5 nitrogen and oxygen atoms in total. The van der Waals surface area contributed by atoms with Gasteiger partial charge in [0.25, 0.3) is 5.91 Å². The smallest absolute Gasteiger partial charge is 0.326 e. The van der Waals surface area contributed by atoms with Gasteiger partial charge in [0.15, 0.2) is 6.61 Å². The van der Waals surface area contributed by atoms with Crippen LogP contribution in [-0.4, -0.2) is 41.6 Å². The Morgan fingerprint density at radius 1 is 1.27 bits per heavy atom. The number of rotatable bonds is 9. The Balaban J connectivity index is 2.45. The predicted octanol–water partition coefficient (Wildman–Crippen LogP) is 2.51. The number of benzene rings is 1. The standard InChI is InChI=1S/C16H23NO4S/c1-11(2)12-4-6-13(7-5-12)21-10-15(18)17-14(16(19)20)8-9-22-3/h4-7,11,14H,8-10H2,1-3H3,(H,17,18)(H,19,20). The lowest BCUT2D eigenvalue weighted by Crippen LogP contribution is -2.43. The second kappa shape index (κ2) is 9.35. The van der Waals surface area contributed by atoms with Gasteiger partial charge in [-0.05, 0) is 42.0 Å². The van der Waals surface area contributed by atoms with E-state index in [-0.39, 0.29) is 6.61 Å². The molecule has 0 aliphatic carbocycles. The normalized spacial score (nSPS) is 12.0. The molecule has 2 N–H and O–H groups in total. The molecule has 1 unspecified atom stereocenters. The Labute approximate surface area is 135 Å². The summed E-state index contributed by atoms with van der Waals surface area (Å²) in [4.78, 5) is 22.8. The molecule has 0 spiro atoms. The fourth-order valence-corrected chi connectivity index (χ4v) is 2.30. The number of ether oxygens (including phenoxy) is 1. The van der Waals surface area contributed by atoms with E-state index in [1.165, 1.54) is 5.56 Å². The van der Waals surface area contributed by atoms with E-state index in [0.29, 0.717) is 23.8 Å². The van der Waals surface area contributed by atoms with Gasteiger partial charge in [-0.25, -0.2) is 4.79 Å². The van der Waals surface area contributed by atoms with Crippen molar-refractivity contribution >= 4 is 23.6 Å². The van der Waals surface area contributed by atoms with E-state index in [9.17, 15) is 9.59 Å². The van der Waals surface area contributed by atoms with Gasteiger partial charge in [-0.1, -0.05) is 26.0 Å². The summed E-state index contributed by atoms with van der Waals surface area (Å²) >= 11 is 1.54. The van der Waals surface area contributed by atoms with Crippen molar-refractivity contribution in [1.29, 1.82) is 0 Å². The van der Waals surface area contributed by atoms with Crippen LogP contribution in [0.5, 0.6) is 5.75 Å². The van der Waals surface area contributed by atoms with Gasteiger partial charge >= 0.3 is 5.97 Å². The highest BCUT2D eigenvalue weighted by atomic mass is 32.2. The van der Waals surface area contributed by atoms with E-state index in [1.54, 1.807) is 11.8 Å². The van der Waals surface area contributed by atoms with Gasteiger partial charge < -0.3 is 15.2 Å². The summed E-state index contributed by atoms with van der Waals surface area (Å²) in [7, 11) is 0. The molecule has 122 valence electrons. The summed E-state index contributed by atoms with van der Waals surface area (Å²) in [5, 5.41) is 11.5. The number of hydrogen-bond acceptors (Lipinski definition) is 4. The van der Waals surface area contributed by atoms with Crippen LogP contribution in [0.4, 0.5) is 0 Å². The molecule has 0 bridgehead atoms. The lowest BCUT2D eigenvalue weighted by molar-refractivity contribution is -0.142. The molecule has 0 aliphatic rings. The maximum absolute atomic E-state index is 11.8. The Morgan fingerprint density at radius 3 is 2.41 bits per heavy atom. The van der Waals surface area contributed by atoms with E-state index >= 15 is 0 Å². The van der Waals surface area contributed by atoms with Crippen molar-refractivity contribution in [1.82, 2.24) is 5.32 Å². The maximum atomic E-state index is 11.8. The predicted molar refractivity (Wildman–Crippen MR) is 88.6 cm³/mol. The zero-order chi connectivity index (χ0) is 16.5. The summed E-state index contributed by atoms with van der Waals surface area (Å²) in [6.07, 6.45) is 2.29. The van der Waals surface area contributed by atoms with Crippen molar-refractivity contribution in [2.24, 2.45) is 0 Å². The summed E-state index contributed by atoms with van der Waals surface area (Å²) < 4.78 is 5.38. The minimum atomic E-state index is -1.02. The Kier molecular flexibility index (Phi) is 7.80. The molecule has 0 aromatic heterocycles. The SMILES string of the molecule is CSCCC(NC(=O)COc1ccc(C(C)C)cc1)C(=O)O. The monoisotopic (exact) mass is 325 g/mol. The van der Waals surface area contributed by atoms with Crippen LogP contribution in [-0.2, 0) is 9.59 Å². The molecule has 0 aliphatic heterocycles. The molecule has 1 aromatic carbocycles. The Hall–Kier alpha value is -1.69. The third kappa shape index (κ3) is 6.39. The van der Waals surface area contributed by atoms with E-state index in [1.807, 2.05) is 30.5 Å². The number of carboxylic acid groups (broad SMARTS) is 1. The average molecular weight is 325 g/mol. The lowest BCUT2D eigenvalue weighted by Gasteiger charge is -2.14. The zero-order valence-corrected chi connectivity index (χ0v) is 14.0. The van der Waals surface area contributed by atoms with Crippen LogP contribution in [0.25, 0.3) is 0 Å². The first kappa shape index (κ1) is 18.4. The Bertz CT molecular complexity index is 487. The molecular formula is C16H23NO4S. The number of nitrogens with one attached hydrogen (secondary N) is 1. The fourth-order valence-electron chi connectivity index (χ4n) is 1.83. The van der Waals surface area contributed by atoms with Crippen molar-refractivity contribution in [3.8, 4) is 5.75 Å². The lowest BCUT2D eigenvalue weighted by atomic mass is 10.0. The van der Waals surface area contributed by atoms with Crippen LogP contribution in [0.1, 0.15) is 31.7 Å². The number of hydrogen-bond donors (Lipinski definition) is 2. The van der Waals surface area contributed by atoms with Crippen molar-refractivity contribution in [2.75, 3.05) is 18.6 Å². The third-order valence-electron chi connectivity index (χ3n) is 3.16. The first-order chi connectivity index (χ1) is 10.4. The molecule has 1 amide bonds. The Morgan fingerprint density at radius 2 is 1.91 bits per heavy atom. The quantitative estimate of drug-likeness (QED) is 0.729. The average Bonchev–Trinajstić information content (AvgIpc) is 2.49. The number of thioether (sulfide) groups is 1. The van der Waals surface area contributed by atoms with Gasteiger partial charge in [0, 0.05) is 0 Å². The van der Waals surface area contributed by atoms with Gasteiger partial charge in [0.05, 0.1) is 0 Å². The minimum Gasteiger partial charge on any atom is -0.484 e. The molecule has 0 saturated heterocycles. The minimum absolute atomic E-state index is 0.190. The number of carboxylic acids is 1. The number of amides is 1. The highest BCUT2D eigenvalue weighted by molar-refractivity contribution is 7.98. The van der Waals surface area contributed by atoms with Gasteiger partial charge in [-0.2, -0.15) is 11.8 Å². The van der Waals surface area contributed by atoms with E-state index in [0.717, 1.165) is 0 Å². The zero-order valence-electron chi connectivity index (χ0n) is 13.2. The fraction of sp³-hybridized carbons (Fsp3) is 0.500. The molecule has 1 atom stereocenters. The van der Waals surface area contributed by atoms with Crippen LogP contribution in [0.15, 0.2) is 24.3 Å². The van der Waals surface area contributed by atoms with Crippen LogP contribution in [0.3, 0.4) is 0 Å². The maximum Gasteiger partial charge on any atom is 0.326 e. The largest absolute Gasteiger partial charge is 0.484 e. The summed E-state index contributed by atoms with van der Waals surface area (Å²) in [6, 6.07) is 6.66. The van der Waals surface area contributed by atoms with Crippen molar-refractivity contribution < 1.29 is 19.4 Å². The van der Waals surface area contributed by atoms with E-state index in [4.69, 9.17) is 9.84 Å². The van der Waals surface area contributed by atoms with Gasteiger partial charge in [-0.15, -0.1) is 0 Å². The highest BCUT2D eigenvalue weighted by Gasteiger charge is 2.19. The summed E-state index contributed by atoms with van der Waals surface area (Å²) in [5.74, 6) is 0.250.